The summed E-state index contributed by atoms with van der Waals surface area (Å²) in [7, 11) is 0. The molecule has 7 heteroatoms. The van der Waals surface area contributed by atoms with E-state index in [1.807, 2.05) is 0 Å². The van der Waals surface area contributed by atoms with E-state index in [0.717, 1.165) is 25.7 Å². The minimum absolute atomic E-state index is 0.165. The van der Waals surface area contributed by atoms with E-state index >= 15 is 0 Å². The zero-order valence-corrected chi connectivity index (χ0v) is 13.3. The molecule has 3 rings (SSSR count). The highest BCUT2D eigenvalue weighted by Gasteiger charge is 2.43. The monoisotopic (exact) mass is 336 g/mol. The molecule has 2 fully saturated rings. The smallest absolute Gasteiger partial charge is 0.309 e. The van der Waals surface area contributed by atoms with Gasteiger partial charge < -0.3 is 20.1 Å². The van der Waals surface area contributed by atoms with Crippen molar-refractivity contribution in [3.8, 4) is 0 Å². The Hall–Kier alpha value is -1.99. The molecule has 130 valence electrons. The quantitative estimate of drug-likeness (QED) is 0.811. The molecule has 0 bridgehead atoms. The van der Waals surface area contributed by atoms with Gasteiger partial charge in [0.15, 0.2) is 5.79 Å². The number of benzene rings is 1. The summed E-state index contributed by atoms with van der Waals surface area (Å²) in [6.45, 7) is 0.834. The van der Waals surface area contributed by atoms with Gasteiger partial charge in [-0.15, -0.1) is 0 Å². The van der Waals surface area contributed by atoms with E-state index < -0.39 is 17.6 Å². The van der Waals surface area contributed by atoms with Gasteiger partial charge in [0.2, 0.25) is 0 Å². The van der Waals surface area contributed by atoms with E-state index in [1.165, 1.54) is 12.1 Å². The van der Waals surface area contributed by atoms with Crippen molar-refractivity contribution in [2.75, 3.05) is 13.2 Å². The molecule has 24 heavy (non-hydrogen) atoms. The fraction of sp³-hybridized carbons (Fsp3) is 0.529. The lowest BCUT2D eigenvalue weighted by atomic mass is 10.2. The highest BCUT2D eigenvalue weighted by molar-refractivity contribution is 6.35. The second-order valence-electron chi connectivity index (χ2n) is 6.19. The zero-order valence-electron chi connectivity index (χ0n) is 13.3. The first-order valence-corrected chi connectivity index (χ1v) is 8.19. The average Bonchev–Trinajstić information content (AvgIpc) is 3.22. The Kier molecular flexibility index (Phi) is 5.11. The van der Waals surface area contributed by atoms with Gasteiger partial charge in [0.05, 0.1) is 6.61 Å². The molecule has 0 aromatic heterocycles. The second-order valence-corrected chi connectivity index (χ2v) is 6.19. The van der Waals surface area contributed by atoms with E-state index in [4.69, 9.17) is 9.47 Å². The maximum atomic E-state index is 12.8. The first-order valence-electron chi connectivity index (χ1n) is 8.19. The molecule has 1 aromatic carbocycles. The third-order valence-corrected chi connectivity index (χ3v) is 4.34. The van der Waals surface area contributed by atoms with Crippen molar-refractivity contribution >= 4 is 11.8 Å². The predicted octanol–water partition coefficient (Wildman–Crippen LogP) is 1.24. The van der Waals surface area contributed by atoms with Gasteiger partial charge in [-0.2, -0.15) is 0 Å². The van der Waals surface area contributed by atoms with Crippen LogP contribution in [0.25, 0.3) is 0 Å². The normalized spacial score (nSPS) is 21.8. The molecule has 1 spiro atoms. The van der Waals surface area contributed by atoms with Crippen LogP contribution in [0.2, 0.25) is 0 Å². The zero-order chi connectivity index (χ0) is 17.0. The summed E-state index contributed by atoms with van der Waals surface area (Å²) < 4.78 is 24.4. The fourth-order valence-electron chi connectivity index (χ4n) is 3.04. The molecule has 1 saturated carbocycles. The van der Waals surface area contributed by atoms with Crippen molar-refractivity contribution in [3.63, 3.8) is 0 Å². The number of nitrogens with one attached hydrogen (secondary N) is 2. The van der Waals surface area contributed by atoms with Crippen LogP contribution in [0.3, 0.4) is 0 Å². The molecule has 2 N–H and O–H groups in total. The van der Waals surface area contributed by atoms with Gasteiger partial charge >= 0.3 is 11.8 Å². The van der Waals surface area contributed by atoms with Gasteiger partial charge in [-0.25, -0.2) is 4.39 Å². The Morgan fingerprint density at radius 2 is 1.79 bits per heavy atom. The van der Waals surface area contributed by atoms with E-state index in [-0.39, 0.29) is 25.0 Å². The van der Waals surface area contributed by atoms with Crippen LogP contribution in [0.4, 0.5) is 4.39 Å². The summed E-state index contributed by atoms with van der Waals surface area (Å²) in [6.07, 6.45) is 3.72. The number of rotatable bonds is 4. The Labute approximate surface area is 139 Å². The SMILES string of the molecule is O=C(NCc1ccc(F)cc1)C(=O)NCC1COC2(CCCC2)O1. The van der Waals surface area contributed by atoms with Crippen LogP contribution < -0.4 is 10.6 Å². The van der Waals surface area contributed by atoms with E-state index in [1.54, 1.807) is 12.1 Å². The summed E-state index contributed by atoms with van der Waals surface area (Å²) in [5.41, 5.74) is 0.716. The van der Waals surface area contributed by atoms with Crippen molar-refractivity contribution in [2.45, 2.75) is 44.1 Å². The molecular formula is C17H21FN2O4. The maximum Gasteiger partial charge on any atom is 0.309 e. The van der Waals surface area contributed by atoms with Crippen LogP contribution in [0.5, 0.6) is 0 Å². The molecule has 1 saturated heterocycles. The lowest BCUT2D eigenvalue weighted by Crippen LogP contribution is -2.43. The van der Waals surface area contributed by atoms with Crippen LogP contribution in [0, 0.1) is 5.82 Å². The molecule has 1 heterocycles. The van der Waals surface area contributed by atoms with E-state index in [0.29, 0.717) is 12.2 Å². The van der Waals surface area contributed by atoms with Crippen molar-refractivity contribution in [1.29, 1.82) is 0 Å². The first-order chi connectivity index (χ1) is 11.6. The average molecular weight is 336 g/mol. The molecule has 1 unspecified atom stereocenters. The molecule has 1 atom stereocenters. The molecule has 1 aliphatic heterocycles. The third-order valence-electron chi connectivity index (χ3n) is 4.34. The Bertz CT molecular complexity index is 599. The topological polar surface area (TPSA) is 76.7 Å². The first kappa shape index (κ1) is 16.9. The molecule has 0 radical (unpaired) electrons. The fourth-order valence-corrected chi connectivity index (χ4v) is 3.04. The Morgan fingerprint density at radius 3 is 2.50 bits per heavy atom. The Balaban J connectivity index is 1.38. The van der Waals surface area contributed by atoms with Gasteiger partial charge in [0, 0.05) is 25.9 Å². The summed E-state index contributed by atoms with van der Waals surface area (Å²) in [6, 6.07) is 5.71. The van der Waals surface area contributed by atoms with Crippen LogP contribution >= 0.6 is 0 Å². The number of hydrogen-bond acceptors (Lipinski definition) is 4. The maximum absolute atomic E-state index is 12.8. The highest BCUT2D eigenvalue weighted by Crippen LogP contribution is 2.38. The summed E-state index contributed by atoms with van der Waals surface area (Å²) >= 11 is 0. The third kappa shape index (κ3) is 4.10. The van der Waals surface area contributed by atoms with E-state index in [2.05, 4.69) is 10.6 Å². The predicted molar refractivity (Wildman–Crippen MR) is 83.3 cm³/mol. The van der Waals surface area contributed by atoms with Crippen LogP contribution in [-0.4, -0.2) is 36.9 Å². The summed E-state index contributed by atoms with van der Waals surface area (Å²) in [5.74, 6) is -2.26. The minimum Gasteiger partial charge on any atom is -0.347 e. The Morgan fingerprint density at radius 1 is 1.12 bits per heavy atom. The number of amides is 2. The number of hydrogen-bond donors (Lipinski definition) is 2. The number of carbonyl (C=O) groups is 2. The van der Waals surface area contributed by atoms with Crippen molar-refractivity contribution in [2.24, 2.45) is 0 Å². The van der Waals surface area contributed by atoms with Gasteiger partial charge in [0.25, 0.3) is 0 Å². The number of ether oxygens (including phenoxy) is 2. The molecule has 2 aliphatic rings. The second kappa shape index (κ2) is 7.27. The molecule has 2 amide bonds. The van der Waals surface area contributed by atoms with Crippen LogP contribution in [0.1, 0.15) is 31.2 Å². The van der Waals surface area contributed by atoms with E-state index in [9.17, 15) is 14.0 Å². The summed E-state index contributed by atoms with van der Waals surface area (Å²) in [5, 5.41) is 5.06. The molecular weight excluding hydrogens is 315 g/mol. The van der Waals surface area contributed by atoms with Crippen molar-refractivity contribution in [3.05, 3.63) is 35.6 Å². The lowest BCUT2D eigenvalue weighted by molar-refractivity contribution is -0.161. The van der Waals surface area contributed by atoms with Crippen LogP contribution in [0.15, 0.2) is 24.3 Å². The van der Waals surface area contributed by atoms with Crippen LogP contribution in [-0.2, 0) is 25.6 Å². The number of halogens is 1. The molecule has 1 aromatic rings. The van der Waals surface area contributed by atoms with Gasteiger partial charge in [-0.3, -0.25) is 9.59 Å². The van der Waals surface area contributed by atoms with Gasteiger partial charge in [0.1, 0.15) is 11.9 Å². The van der Waals surface area contributed by atoms with Gasteiger partial charge in [-0.1, -0.05) is 12.1 Å². The standard InChI is InChI=1S/C17H21FN2O4/c18-13-5-3-12(4-6-13)9-19-15(21)16(22)20-10-14-11-23-17(24-14)7-1-2-8-17/h3-6,14H,1-2,7-11H2,(H,19,21)(H,20,22). The van der Waals surface area contributed by atoms with Gasteiger partial charge in [-0.05, 0) is 30.5 Å². The molecule has 1 aliphatic carbocycles. The summed E-state index contributed by atoms with van der Waals surface area (Å²) in [4.78, 5) is 23.6. The van der Waals surface area contributed by atoms with Crippen molar-refractivity contribution in [1.82, 2.24) is 10.6 Å². The highest BCUT2D eigenvalue weighted by atomic mass is 19.1. The number of carbonyl (C=O) groups excluding carboxylic acids is 2. The molecule has 6 nitrogen and oxygen atoms in total. The minimum atomic E-state index is -0.728. The lowest BCUT2D eigenvalue weighted by Gasteiger charge is -2.21. The largest absolute Gasteiger partial charge is 0.347 e. The van der Waals surface area contributed by atoms with Crippen molar-refractivity contribution < 1.29 is 23.5 Å².